The molecule has 0 atom stereocenters. The van der Waals surface area contributed by atoms with E-state index in [-0.39, 0.29) is 7.12 Å². The van der Waals surface area contributed by atoms with Gasteiger partial charge >= 0.3 is 7.12 Å². The van der Waals surface area contributed by atoms with E-state index in [1.165, 1.54) is 12.0 Å². The fourth-order valence-corrected chi connectivity index (χ4v) is 1.96. The number of hydrogen-bond acceptors (Lipinski definition) is 3. The number of benzene rings is 1. The third kappa shape index (κ3) is 4.90. The average Bonchev–Trinajstić information content (AvgIpc) is 2.88. The molecule has 4 heteroatoms. The van der Waals surface area contributed by atoms with Gasteiger partial charge in [-0.2, -0.15) is 0 Å². The molecule has 0 bridgehead atoms. The van der Waals surface area contributed by atoms with Crippen LogP contribution in [0.2, 0.25) is 6.32 Å². The molecule has 3 nitrogen and oxygen atoms in total. The Morgan fingerprint density at radius 2 is 1.82 bits per heavy atom. The van der Waals surface area contributed by atoms with Crippen molar-refractivity contribution in [2.24, 2.45) is 0 Å². The van der Waals surface area contributed by atoms with Crippen LogP contribution < -0.4 is 5.32 Å². The van der Waals surface area contributed by atoms with Crippen LogP contribution in [0.25, 0.3) is 0 Å². The van der Waals surface area contributed by atoms with Gasteiger partial charge in [0.05, 0.1) is 13.2 Å². The summed E-state index contributed by atoms with van der Waals surface area (Å²) < 4.78 is 10.8. The van der Waals surface area contributed by atoms with E-state index in [0.717, 1.165) is 39.0 Å². The minimum atomic E-state index is 0.0594. The second kappa shape index (κ2) is 7.48. The predicted molar refractivity (Wildman–Crippen MR) is 69.8 cm³/mol. The van der Waals surface area contributed by atoms with E-state index in [0.29, 0.717) is 0 Å². The van der Waals surface area contributed by atoms with Crippen molar-refractivity contribution in [3.05, 3.63) is 35.9 Å². The summed E-state index contributed by atoms with van der Waals surface area (Å²) in [6, 6.07) is 10.5. The molecule has 1 N–H and O–H groups in total. The van der Waals surface area contributed by atoms with Gasteiger partial charge in [0.15, 0.2) is 0 Å². The lowest BCUT2D eigenvalue weighted by Gasteiger charge is -2.06. The molecule has 1 aliphatic heterocycles. The summed E-state index contributed by atoms with van der Waals surface area (Å²) in [6.45, 7) is 3.53. The van der Waals surface area contributed by atoms with Crippen LogP contribution in [0.5, 0.6) is 0 Å². The van der Waals surface area contributed by atoms with E-state index in [4.69, 9.17) is 9.31 Å². The summed E-state index contributed by atoms with van der Waals surface area (Å²) in [5.74, 6) is 0. The van der Waals surface area contributed by atoms with Crippen molar-refractivity contribution in [3.8, 4) is 0 Å². The third-order valence-corrected chi connectivity index (χ3v) is 2.91. The van der Waals surface area contributed by atoms with Gasteiger partial charge in [-0.3, -0.25) is 0 Å². The predicted octanol–water partition coefficient (Wildman–Crippen LogP) is 2.09. The second-order valence-corrected chi connectivity index (χ2v) is 4.33. The lowest BCUT2D eigenvalue weighted by molar-refractivity contribution is 0.365. The number of nitrogens with one attached hydrogen (secondary N) is 1. The zero-order valence-electron chi connectivity index (χ0n) is 10.2. The molecule has 0 aliphatic carbocycles. The van der Waals surface area contributed by atoms with Gasteiger partial charge in [0, 0.05) is 6.54 Å². The molecule has 17 heavy (non-hydrogen) atoms. The normalized spacial score (nSPS) is 15.4. The second-order valence-electron chi connectivity index (χ2n) is 4.33. The molecule has 0 spiro atoms. The third-order valence-electron chi connectivity index (χ3n) is 2.91. The van der Waals surface area contributed by atoms with Crippen molar-refractivity contribution < 1.29 is 9.31 Å². The first-order valence-electron chi connectivity index (χ1n) is 6.43. The molecule has 1 aromatic carbocycles. The van der Waals surface area contributed by atoms with Gasteiger partial charge in [-0.1, -0.05) is 36.8 Å². The van der Waals surface area contributed by atoms with Gasteiger partial charge in [0.2, 0.25) is 0 Å². The van der Waals surface area contributed by atoms with E-state index in [1.54, 1.807) is 0 Å². The fourth-order valence-electron chi connectivity index (χ4n) is 1.96. The van der Waals surface area contributed by atoms with Crippen molar-refractivity contribution >= 4 is 7.12 Å². The molecule has 0 aromatic heterocycles. The van der Waals surface area contributed by atoms with Crippen molar-refractivity contribution in [1.82, 2.24) is 5.32 Å². The minimum Gasteiger partial charge on any atom is -0.409 e. The lowest BCUT2D eigenvalue weighted by atomic mass is 9.83. The summed E-state index contributed by atoms with van der Waals surface area (Å²) in [4.78, 5) is 0. The SMILES string of the molecule is c1ccc(CNCCCCB2OCCO2)cc1. The number of unbranched alkanes of at least 4 members (excludes halogenated alkanes) is 1. The molecule has 1 aliphatic rings. The van der Waals surface area contributed by atoms with Gasteiger partial charge in [-0.15, -0.1) is 0 Å². The van der Waals surface area contributed by atoms with E-state index < -0.39 is 0 Å². The Kier molecular flexibility index (Phi) is 5.55. The quantitative estimate of drug-likeness (QED) is 0.577. The lowest BCUT2D eigenvalue weighted by Crippen LogP contribution is -2.17. The molecule has 2 rings (SSSR count). The Morgan fingerprint density at radius 1 is 1.06 bits per heavy atom. The molecule has 1 heterocycles. The number of hydrogen-bond donors (Lipinski definition) is 1. The highest BCUT2D eigenvalue weighted by Crippen LogP contribution is 2.08. The fraction of sp³-hybridized carbons (Fsp3) is 0.538. The highest BCUT2D eigenvalue weighted by atomic mass is 16.6. The van der Waals surface area contributed by atoms with Crippen molar-refractivity contribution in [2.45, 2.75) is 25.7 Å². The van der Waals surface area contributed by atoms with Crippen molar-refractivity contribution in [1.29, 1.82) is 0 Å². The van der Waals surface area contributed by atoms with Crippen LogP contribution in [0.3, 0.4) is 0 Å². The van der Waals surface area contributed by atoms with Crippen LogP contribution in [0, 0.1) is 0 Å². The monoisotopic (exact) mass is 233 g/mol. The Hall–Kier alpha value is -0.835. The largest absolute Gasteiger partial charge is 0.457 e. The van der Waals surface area contributed by atoms with Crippen LogP contribution in [0.15, 0.2) is 30.3 Å². The van der Waals surface area contributed by atoms with Gasteiger partial charge in [-0.25, -0.2) is 0 Å². The Balaban J connectivity index is 1.46. The topological polar surface area (TPSA) is 30.5 Å². The molecule has 1 saturated heterocycles. The van der Waals surface area contributed by atoms with E-state index >= 15 is 0 Å². The number of rotatable bonds is 7. The van der Waals surface area contributed by atoms with Crippen LogP contribution in [-0.4, -0.2) is 26.9 Å². The van der Waals surface area contributed by atoms with E-state index in [9.17, 15) is 0 Å². The molecule has 92 valence electrons. The zero-order valence-corrected chi connectivity index (χ0v) is 10.2. The maximum absolute atomic E-state index is 5.39. The summed E-state index contributed by atoms with van der Waals surface area (Å²) in [6.07, 6.45) is 3.36. The Labute approximate surface area is 104 Å². The standard InChI is InChI=1S/C13H20BNO2/c1-2-6-13(7-3-1)12-15-9-5-4-8-14-16-10-11-17-14/h1-3,6-7,15H,4-5,8-12H2. The van der Waals surface area contributed by atoms with E-state index in [1.807, 2.05) is 6.07 Å². The summed E-state index contributed by atoms with van der Waals surface area (Å²) in [7, 11) is 0.0594. The highest BCUT2D eigenvalue weighted by Gasteiger charge is 2.22. The first kappa shape index (κ1) is 12.6. The smallest absolute Gasteiger partial charge is 0.409 e. The minimum absolute atomic E-state index is 0.0594. The van der Waals surface area contributed by atoms with Gasteiger partial charge in [0.1, 0.15) is 0 Å². The van der Waals surface area contributed by atoms with Crippen molar-refractivity contribution in [2.75, 3.05) is 19.8 Å². The van der Waals surface area contributed by atoms with Crippen molar-refractivity contribution in [3.63, 3.8) is 0 Å². The molecular formula is C13H20BNO2. The first-order chi connectivity index (χ1) is 8.45. The van der Waals surface area contributed by atoms with Gasteiger partial charge < -0.3 is 14.6 Å². The van der Waals surface area contributed by atoms with Crippen LogP contribution in [0.4, 0.5) is 0 Å². The molecule has 0 amide bonds. The van der Waals surface area contributed by atoms with Crippen LogP contribution in [-0.2, 0) is 15.9 Å². The summed E-state index contributed by atoms with van der Waals surface area (Å²) >= 11 is 0. The van der Waals surface area contributed by atoms with Gasteiger partial charge in [-0.05, 0) is 24.8 Å². The zero-order chi connectivity index (χ0) is 11.8. The first-order valence-corrected chi connectivity index (χ1v) is 6.43. The van der Waals surface area contributed by atoms with Crippen LogP contribution >= 0.6 is 0 Å². The molecule has 0 unspecified atom stereocenters. The molecule has 0 radical (unpaired) electrons. The maximum Gasteiger partial charge on any atom is 0.457 e. The molecule has 0 saturated carbocycles. The van der Waals surface area contributed by atoms with Crippen LogP contribution in [0.1, 0.15) is 18.4 Å². The Bertz CT molecular complexity index is 302. The summed E-state index contributed by atoms with van der Waals surface area (Å²) in [5.41, 5.74) is 1.34. The molecule has 1 fully saturated rings. The Morgan fingerprint density at radius 3 is 2.59 bits per heavy atom. The molecule has 1 aromatic rings. The van der Waals surface area contributed by atoms with Gasteiger partial charge in [0.25, 0.3) is 0 Å². The highest BCUT2D eigenvalue weighted by molar-refractivity contribution is 6.44. The summed E-state index contributed by atoms with van der Waals surface area (Å²) in [5, 5.41) is 3.45. The van der Waals surface area contributed by atoms with E-state index in [2.05, 4.69) is 29.6 Å². The molecular weight excluding hydrogens is 213 g/mol. The maximum atomic E-state index is 5.39. The average molecular weight is 233 g/mol.